The predicted molar refractivity (Wildman–Crippen MR) is 115 cm³/mol. The van der Waals surface area contributed by atoms with Gasteiger partial charge in [-0.2, -0.15) is 0 Å². The van der Waals surface area contributed by atoms with E-state index in [1.54, 1.807) is 24.3 Å². The number of carbonyl (C=O) groups is 2. The third-order valence-electron chi connectivity index (χ3n) is 5.74. The molecule has 0 heterocycles. The summed E-state index contributed by atoms with van der Waals surface area (Å²) in [5.74, 6) is -1.04. The first-order valence-corrected chi connectivity index (χ1v) is 10.9. The number of nitrogens with zero attached hydrogens (tertiary/aromatic N) is 1. The molecule has 1 aliphatic carbocycles. The van der Waals surface area contributed by atoms with Crippen LogP contribution >= 0.6 is 0 Å². The number of aliphatic hydroxyl groups excluding tert-OH is 1. The molecule has 0 atom stereocenters. The summed E-state index contributed by atoms with van der Waals surface area (Å²) in [5.41, 5.74) is 1.10. The summed E-state index contributed by atoms with van der Waals surface area (Å²) >= 11 is 0. The number of ketones is 2. The van der Waals surface area contributed by atoms with Gasteiger partial charge in [0, 0.05) is 16.7 Å². The summed E-state index contributed by atoms with van der Waals surface area (Å²) in [6.07, 6.45) is 9.83. The highest BCUT2D eigenvalue weighted by Gasteiger charge is 2.31. The van der Waals surface area contributed by atoms with Gasteiger partial charge in [-0.15, -0.1) is 0 Å². The van der Waals surface area contributed by atoms with Crippen LogP contribution in [0.5, 0.6) is 0 Å². The van der Waals surface area contributed by atoms with Crippen LogP contribution < -0.4 is 0 Å². The molecule has 0 amide bonds. The molecule has 0 saturated heterocycles. The molecule has 1 N–H and O–H groups in total. The summed E-state index contributed by atoms with van der Waals surface area (Å²) in [5, 5.41) is 10.4. The van der Waals surface area contributed by atoms with Gasteiger partial charge in [-0.1, -0.05) is 76.6 Å². The Bertz CT molecular complexity index is 689. The first kappa shape index (κ1) is 22.4. The highest BCUT2D eigenvalue weighted by Crippen LogP contribution is 2.30. The number of hydrogen-bond donors (Lipinski definition) is 1. The summed E-state index contributed by atoms with van der Waals surface area (Å²) in [7, 11) is 0. The maximum atomic E-state index is 12.3. The lowest BCUT2D eigenvalue weighted by Gasteiger charge is -2.17. The Morgan fingerprint density at radius 2 is 1.29 bits per heavy atom. The number of carbonyl (C=O) groups excluding carboxylic acids is 2. The quantitative estimate of drug-likeness (QED) is 0.356. The van der Waals surface area contributed by atoms with Gasteiger partial charge in [0.25, 0.3) is 0 Å². The van der Waals surface area contributed by atoms with E-state index in [1.807, 2.05) is 0 Å². The zero-order valence-corrected chi connectivity index (χ0v) is 17.5. The average Bonchev–Trinajstić information content (AvgIpc) is 2.72. The summed E-state index contributed by atoms with van der Waals surface area (Å²) < 4.78 is 0. The van der Waals surface area contributed by atoms with E-state index in [1.165, 1.54) is 38.6 Å². The monoisotopic (exact) mass is 385 g/mol. The molecule has 0 saturated carbocycles. The molecule has 1 aliphatic rings. The fraction of sp³-hybridized carbons (Fsp3) is 0.583. The molecule has 1 aromatic rings. The molecule has 4 nitrogen and oxygen atoms in total. The fourth-order valence-corrected chi connectivity index (χ4v) is 3.89. The fourth-order valence-electron chi connectivity index (χ4n) is 3.89. The molecule has 1 aromatic carbocycles. The Morgan fingerprint density at radius 3 is 1.89 bits per heavy atom. The number of hydrogen-bond acceptors (Lipinski definition) is 4. The SMILES string of the molecule is CCN(CC)CCCCCCCCCCC1=C(O)c2ccccc2C(=O)C1=O. The molecule has 0 spiro atoms. The second-order valence-electron chi connectivity index (χ2n) is 7.64. The van der Waals surface area contributed by atoms with Gasteiger partial charge in [-0.05, 0) is 38.9 Å². The first-order valence-electron chi connectivity index (χ1n) is 10.9. The van der Waals surface area contributed by atoms with Gasteiger partial charge in [-0.25, -0.2) is 0 Å². The number of rotatable bonds is 13. The molecule has 2 rings (SSSR count). The summed E-state index contributed by atoms with van der Waals surface area (Å²) in [6.45, 7) is 7.93. The minimum absolute atomic E-state index is 0.00611. The Balaban J connectivity index is 1.63. The first-order chi connectivity index (χ1) is 13.6. The van der Waals surface area contributed by atoms with Gasteiger partial charge < -0.3 is 10.0 Å². The Morgan fingerprint density at radius 1 is 0.750 bits per heavy atom. The molecule has 0 aromatic heterocycles. The van der Waals surface area contributed by atoms with Crippen molar-refractivity contribution in [1.29, 1.82) is 0 Å². The predicted octanol–water partition coefficient (Wildman–Crippen LogP) is 5.57. The lowest BCUT2D eigenvalue weighted by molar-refractivity contribution is -0.112. The van der Waals surface area contributed by atoms with Crippen molar-refractivity contribution in [2.45, 2.75) is 71.6 Å². The molecule has 4 heteroatoms. The van der Waals surface area contributed by atoms with E-state index >= 15 is 0 Å². The molecule has 0 fully saturated rings. The highest BCUT2D eigenvalue weighted by molar-refractivity contribution is 6.52. The van der Waals surface area contributed by atoms with Crippen LogP contribution in [0, 0.1) is 0 Å². The second-order valence-corrected chi connectivity index (χ2v) is 7.64. The van der Waals surface area contributed by atoms with Crippen LogP contribution in [-0.4, -0.2) is 41.2 Å². The molecule has 28 heavy (non-hydrogen) atoms. The van der Waals surface area contributed by atoms with Crippen molar-refractivity contribution in [2.24, 2.45) is 0 Å². The van der Waals surface area contributed by atoms with Crippen LogP contribution in [0.1, 0.15) is 87.6 Å². The van der Waals surface area contributed by atoms with E-state index in [0.717, 1.165) is 32.4 Å². The zero-order valence-electron chi connectivity index (χ0n) is 17.5. The number of fused-ring (bicyclic) bond motifs is 1. The second kappa shape index (κ2) is 11.8. The standard InChI is InChI=1S/C24H35NO3/c1-3-25(4-2)18-14-10-8-6-5-7-9-11-17-21-22(26)19-15-12-13-16-20(19)23(27)24(21)28/h12-13,15-16,26H,3-11,14,17-18H2,1-2H3. The number of aliphatic hydroxyl groups is 1. The normalized spacial score (nSPS) is 14.1. The molecular weight excluding hydrogens is 350 g/mol. The molecular formula is C24H35NO3. The van der Waals surface area contributed by atoms with Crippen molar-refractivity contribution in [2.75, 3.05) is 19.6 Å². The van der Waals surface area contributed by atoms with Crippen molar-refractivity contribution >= 4 is 17.3 Å². The molecule has 0 unspecified atom stereocenters. The van der Waals surface area contributed by atoms with Crippen molar-refractivity contribution in [1.82, 2.24) is 4.90 Å². The van der Waals surface area contributed by atoms with E-state index in [2.05, 4.69) is 18.7 Å². The van der Waals surface area contributed by atoms with Gasteiger partial charge >= 0.3 is 0 Å². The number of Topliss-reactive ketones (excluding diaryl/α,β-unsaturated/α-hetero) is 2. The molecule has 0 aliphatic heterocycles. The minimum Gasteiger partial charge on any atom is -0.507 e. The average molecular weight is 386 g/mol. The van der Waals surface area contributed by atoms with Crippen LogP contribution in [0.25, 0.3) is 5.76 Å². The van der Waals surface area contributed by atoms with Gasteiger partial charge in [0.1, 0.15) is 5.76 Å². The van der Waals surface area contributed by atoms with Crippen LogP contribution in [0.15, 0.2) is 29.8 Å². The summed E-state index contributed by atoms with van der Waals surface area (Å²) in [4.78, 5) is 27.0. The van der Waals surface area contributed by atoms with E-state index in [-0.39, 0.29) is 5.76 Å². The van der Waals surface area contributed by atoms with E-state index < -0.39 is 11.6 Å². The van der Waals surface area contributed by atoms with Crippen molar-refractivity contribution in [3.05, 3.63) is 41.0 Å². The zero-order chi connectivity index (χ0) is 20.4. The van der Waals surface area contributed by atoms with Crippen LogP contribution in [-0.2, 0) is 4.79 Å². The van der Waals surface area contributed by atoms with Crippen LogP contribution in [0.3, 0.4) is 0 Å². The van der Waals surface area contributed by atoms with Crippen molar-refractivity contribution in [3.63, 3.8) is 0 Å². The van der Waals surface area contributed by atoms with Crippen LogP contribution in [0.4, 0.5) is 0 Å². The van der Waals surface area contributed by atoms with E-state index in [9.17, 15) is 14.7 Å². The highest BCUT2D eigenvalue weighted by atomic mass is 16.3. The third kappa shape index (κ3) is 6.03. The smallest absolute Gasteiger partial charge is 0.234 e. The largest absolute Gasteiger partial charge is 0.507 e. The number of benzene rings is 1. The molecule has 154 valence electrons. The number of allylic oxidation sites excluding steroid dienone is 1. The molecule has 0 bridgehead atoms. The van der Waals surface area contributed by atoms with Crippen LogP contribution in [0.2, 0.25) is 0 Å². The Kier molecular flexibility index (Phi) is 9.42. The Labute approximate surface area is 169 Å². The van der Waals surface area contributed by atoms with Crippen molar-refractivity contribution < 1.29 is 14.7 Å². The Hall–Kier alpha value is -1.94. The van der Waals surface area contributed by atoms with E-state index in [0.29, 0.717) is 23.1 Å². The number of unbranched alkanes of at least 4 members (excludes halogenated alkanes) is 7. The lowest BCUT2D eigenvalue weighted by Crippen LogP contribution is -2.24. The minimum atomic E-state index is -0.538. The third-order valence-corrected chi connectivity index (χ3v) is 5.74. The lowest BCUT2D eigenvalue weighted by atomic mass is 9.86. The van der Waals surface area contributed by atoms with Gasteiger partial charge in [0.05, 0.1) is 0 Å². The maximum Gasteiger partial charge on any atom is 0.234 e. The van der Waals surface area contributed by atoms with Crippen molar-refractivity contribution in [3.8, 4) is 0 Å². The topological polar surface area (TPSA) is 57.6 Å². The van der Waals surface area contributed by atoms with E-state index in [4.69, 9.17) is 0 Å². The van der Waals surface area contributed by atoms with Gasteiger partial charge in [-0.3, -0.25) is 9.59 Å². The summed E-state index contributed by atoms with van der Waals surface area (Å²) in [6, 6.07) is 6.80. The van der Waals surface area contributed by atoms with Gasteiger partial charge in [0.15, 0.2) is 0 Å². The van der Waals surface area contributed by atoms with Gasteiger partial charge in [0.2, 0.25) is 11.6 Å². The molecule has 0 radical (unpaired) electrons. The maximum absolute atomic E-state index is 12.3.